The molecule has 0 unspecified atom stereocenters. The number of unbranched alkanes of at least 4 members (excludes halogenated alkanes) is 2. The van der Waals surface area contributed by atoms with Crippen LogP contribution in [0, 0.1) is 0 Å². The van der Waals surface area contributed by atoms with Crippen LogP contribution in [0.2, 0.25) is 10.0 Å². The monoisotopic (exact) mass is 403 g/mol. The number of nitrogens with one attached hydrogen (secondary N) is 1. The summed E-state index contributed by atoms with van der Waals surface area (Å²) < 4.78 is 0. The zero-order valence-electron chi connectivity index (χ0n) is 14.8. The average Bonchev–Trinajstić information content (AvgIpc) is 2.58. The van der Waals surface area contributed by atoms with Gasteiger partial charge in [-0.3, -0.25) is 10.3 Å². The Bertz CT molecular complexity index is 623. The molecule has 1 rings (SSSR count). The van der Waals surface area contributed by atoms with E-state index >= 15 is 0 Å². The van der Waals surface area contributed by atoms with Gasteiger partial charge in [0.25, 0.3) is 0 Å². The smallest absolute Gasteiger partial charge is 0.195 e. The van der Waals surface area contributed by atoms with Gasteiger partial charge >= 0.3 is 0 Å². The Morgan fingerprint density at radius 2 is 1.77 bits per heavy atom. The molecule has 26 heavy (non-hydrogen) atoms. The van der Waals surface area contributed by atoms with Gasteiger partial charge < -0.3 is 21.7 Å². The van der Waals surface area contributed by atoms with Gasteiger partial charge in [-0.15, -0.1) is 0 Å². The summed E-state index contributed by atoms with van der Waals surface area (Å²) in [5.41, 5.74) is 12.4. The molecule has 0 aliphatic rings. The van der Waals surface area contributed by atoms with Crippen LogP contribution in [-0.4, -0.2) is 40.9 Å². The van der Waals surface area contributed by atoms with Crippen LogP contribution in [0.5, 0.6) is 0 Å². The molecule has 0 aliphatic heterocycles. The molecule has 0 spiro atoms. The highest BCUT2D eigenvalue weighted by atomic mass is 35.5. The summed E-state index contributed by atoms with van der Waals surface area (Å²) in [4.78, 5) is 8.34. The molecule has 7 N–H and O–H groups in total. The van der Waals surface area contributed by atoms with Gasteiger partial charge in [-0.25, -0.2) is 4.99 Å². The lowest BCUT2D eigenvalue weighted by Gasteiger charge is -2.12. The highest BCUT2D eigenvalue weighted by molar-refractivity contribution is 6.42. The first-order chi connectivity index (χ1) is 12.3. The number of benzene rings is 1. The van der Waals surface area contributed by atoms with E-state index in [1.807, 2.05) is 6.07 Å². The van der Waals surface area contributed by atoms with Crippen molar-refractivity contribution in [1.29, 1.82) is 0 Å². The van der Waals surface area contributed by atoms with Crippen molar-refractivity contribution in [3.8, 4) is 0 Å². The quantitative estimate of drug-likeness (QED) is 0.244. The Hall–Kier alpha value is -1.54. The first-order valence-electron chi connectivity index (χ1n) is 8.46. The van der Waals surface area contributed by atoms with Gasteiger partial charge in [0.15, 0.2) is 11.9 Å². The molecule has 2 atom stereocenters. The van der Waals surface area contributed by atoms with Crippen molar-refractivity contribution in [2.24, 2.45) is 21.5 Å². The maximum Gasteiger partial charge on any atom is 0.195 e. The number of nitrogens with zero attached hydrogens (tertiary/aromatic N) is 2. The van der Waals surface area contributed by atoms with E-state index in [1.54, 1.807) is 19.1 Å². The van der Waals surface area contributed by atoms with Gasteiger partial charge in [-0.1, -0.05) is 42.1 Å². The summed E-state index contributed by atoms with van der Waals surface area (Å²) in [6.07, 6.45) is 1.75. The average molecular weight is 404 g/mol. The standard InChI is InChI=1S/C17H27Cl2N5O2/c1-11(25)15(26)5-3-2-4-8-22-16(20)24-17(21)23-10-12-6-7-13(18)14(19)9-12/h6-7,9,11,15,25-26H,2-5,8,10H2,1H3,(H5,20,21,22,23,24)/t11-,15-/m0/s1. The zero-order chi connectivity index (χ0) is 19.5. The molecule has 0 heterocycles. The molecule has 146 valence electrons. The molecule has 0 saturated carbocycles. The van der Waals surface area contributed by atoms with E-state index in [4.69, 9.17) is 34.7 Å². The molecule has 0 aromatic heterocycles. The fourth-order valence-electron chi connectivity index (χ4n) is 2.11. The van der Waals surface area contributed by atoms with Gasteiger partial charge in [-0.2, -0.15) is 0 Å². The molecule has 0 amide bonds. The second-order valence-electron chi connectivity index (χ2n) is 6.00. The van der Waals surface area contributed by atoms with E-state index < -0.39 is 12.2 Å². The number of hydrogen-bond acceptors (Lipinski definition) is 4. The molecule has 0 fully saturated rings. The number of aliphatic hydroxyl groups excluding tert-OH is 2. The lowest BCUT2D eigenvalue weighted by atomic mass is 10.1. The SMILES string of the molecule is C[C@H](O)[C@@H](O)CCCCCN=C(N)NC(N)=NCc1ccc(Cl)c(Cl)c1. The predicted octanol–water partition coefficient (Wildman–Crippen LogP) is 2.01. The molecule has 1 aromatic carbocycles. The summed E-state index contributed by atoms with van der Waals surface area (Å²) in [7, 11) is 0. The summed E-state index contributed by atoms with van der Waals surface area (Å²) >= 11 is 11.8. The number of hydrogen-bond donors (Lipinski definition) is 5. The van der Waals surface area contributed by atoms with Gasteiger partial charge in [0.1, 0.15) is 0 Å². The summed E-state index contributed by atoms with van der Waals surface area (Å²) in [6.45, 7) is 2.47. The van der Waals surface area contributed by atoms with Crippen molar-refractivity contribution in [3.63, 3.8) is 0 Å². The van der Waals surface area contributed by atoms with E-state index in [-0.39, 0.29) is 11.9 Å². The molecule has 0 aliphatic carbocycles. The lowest BCUT2D eigenvalue weighted by molar-refractivity contribution is 0.0247. The van der Waals surface area contributed by atoms with Crippen molar-refractivity contribution in [3.05, 3.63) is 33.8 Å². The highest BCUT2D eigenvalue weighted by Crippen LogP contribution is 2.22. The Morgan fingerprint density at radius 3 is 2.42 bits per heavy atom. The molecule has 7 nitrogen and oxygen atoms in total. The topological polar surface area (TPSA) is 129 Å². The number of rotatable bonds is 9. The largest absolute Gasteiger partial charge is 0.391 e. The van der Waals surface area contributed by atoms with E-state index in [2.05, 4.69) is 15.3 Å². The van der Waals surface area contributed by atoms with Crippen molar-refractivity contribution < 1.29 is 10.2 Å². The fourth-order valence-corrected chi connectivity index (χ4v) is 2.43. The van der Waals surface area contributed by atoms with Crippen molar-refractivity contribution in [2.75, 3.05) is 6.54 Å². The Balaban J connectivity index is 2.28. The molecular formula is C17H27Cl2N5O2. The summed E-state index contributed by atoms with van der Waals surface area (Å²) in [5.74, 6) is 0.363. The van der Waals surface area contributed by atoms with E-state index in [1.165, 1.54) is 0 Å². The maximum absolute atomic E-state index is 9.48. The molecule has 0 radical (unpaired) electrons. The minimum atomic E-state index is -0.695. The molecular weight excluding hydrogens is 377 g/mol. The Labute approximate surface area is 164 Å². The van der Waals surface area contributed by atoms with Crippen LogP contribution in [-0.2, 0) is 6.54 Å². The lowest BCUT2D eigenvalue weighted by Crippen LogP contribution is -2.41. The maximum atomic E-state index is 9.48. The third-order valence-electron chi connectivity index (χ3n) is 3.67. The summed E-state index contributed by atoms with van der Waals surface area (Å²) in [5, 5.41) is 22.4. The van der Waals surface area contributed by atoms with Gasteiger partial charge in [0.2, 0.25) is 0 Å². The normalized spacial score (nSPS) is 15.0. The molecule has 0 bridgehead atoms. The van der Waals surface area contributed by atoms with Crippen LogP contribution >= 0.6 is 23.2 Å². The number of halogens is 2. The van der Waals surface area contributed by atoms with Gasteiger partial charge in [-0.05, 0) is 37.5 Å². The first-order valence-corrected chi connectivity index (χ1v) is 9.22. The van der Waals surface area contributed by atoms with Crippen molar-refractivity contribution in [1.82, 2.24) is 5.32 Å². The van der Waals surface area contributed by atoms with E-state index in [0.717, 1.165) is 24.8 Å². The second kappa shape index (κ2) is 12.0. The Morgan fingerprint density at radius 1 is 1.08 bits per heavy atom. The van der Waals surface area contributed by atoms with Crippen molar-refractivity contribution >= 4 is 35.1 Å². The summed E-state index contributed by atoms with van der Waals surface area (Å²) in [6, 6.07) is 5.25. The van der Waals surface area contributed by atoms with E-state index in [9.17, 15) is 10.2 Å². The third-order valence-corrected chi connectivity index (χ3v) is 4.41. The Kier molecular flexibility index (Phi) is 10.3. The minimum absolute atomic E-state index is 0.164. The molecule has 1 aromatic rings. The number of aliphatic imine (C=N–C) groups is 2. The number of aliphatic hydroxyl groups is 2. The van der Waals surface area contributed by atoms with Crippen LogP contribution < -0.4 is 16.8 Å². The second-order valence-corrected chi connectivity index (χ2v) is 6.81. The van der Waals surface area contributed by atoms with Crippen LogP contribution in [0.25, 0.3) is 0 Å². The van der Waals surface area contributed by atoms with Gasteiger partial charge in [0.05, 0.1) is 28.8 Å². The number of guanidine groups is 2. The fraction of sp³-hybridized carbons (Fsp3) is 0.529. The van der Waals surface area contributed by atoms with Crippen LogP contribution in [0.15, 0.2) is 28.2 Å². The third kappa shape index (κ3) is 9.24. The van der Waals surface area contributed by atoms with Crippen LogP contribution in [0.3, 0.4) is 0 Å². The number of nitrogens with two attached hydrogens (primary N) is 2. The van der Waals surface area contributed by atoms with Crippen molar-refractivity contribution in [2.45, 2.75) is 51.4 Å². The van der Waals surface area contributed by atoms with E-state index in [0.29, 0.717) is 29.6 Å². The molecule has 9 heteroatoms. The zero-order valence-corrected chi connectivity index (χ0v) is 16.3. The molecule has 0 saturated heterocycles. The minimum Gasteiger partial charge on any atom is -0.391 e. The van der Waals surface area contributed by atoms with Gasteiger partial charge in [0, 0.05) is 6.54 Å². The van der Waals surface area contributed by atoms with Crippen LogP contribution in [0.4, 0.5) is 0 Å². The highest BCUT2D eigenvalue weighted by Gasteiger charge is 2.09. The first kappa shape index (κ1) is 22.5. The predicted molar refractivity (Wildman–Crippen MR) is 108 cm³/mol. The van der Waals surface area contributed by atoms with Crippen LogP contribution in [0.1, 0.15) is 38.2 Å².